The first-order valence-corrected chi connectivity index (χ1v) is 6.64. The first-order valence-electron chi connectivity index (χ1n) is 6.64. The van der Waals surface area contributed by atoms with Crippen LogP contribution in [-0.2, 0) is 9.53 Å². The second-order valence-corrected chi connectivity index (χ2v) is 4.34. The van der Waals surface area contributed by atoms with Crippen LogP contribution in [-0.4, -0.2) is 13.1 Å². The number of esters is 1. The van der Waals surface area contributed by atoms with Crippen molar-refractivity contribution in [3.8, 4) is 0 Å². The number of methoxy groups -OCH3 is 1. The van der Waals surface area contributed by atoms with Crippen LogP contribution in [0.25, 0.3) is 0 Å². The van der Waals surface area contributed by atoms with Crippen molar-refractivity contribution in [3.05, 3.63) is 11.9 Å². The molecule has 0 saturated carbocycles. The highest BCUT2D eigenvalue weighted by molar-refractivity contribution is 5.82. The largest absolute Gasteiger partial charge is 0.466 e. The Morgan fingerprint density at radius 3 is 2.12 bits per heavy atom. The van der Waals surface area contributed by atoms with Crippen LogP contribution in [0.5, 0.6) is 0 Å². The summed E-state index contributed by atoms with van der Waals surface area (Å²) in [6.07, 6.45) is 10.7. The molecule has 0 rings (SSSR count). The van der Waals surface area contributed by atoms with Crippen molar-refractivity contribution < 1.29 is 13.9 Å². The highest BCUT2D eigenvalue weighted by Crippen LogP contribution is 2.13. The Balaban J connectivity index is 3.33. The van der Waals surface area contributed by atoms with Crippen molar-refractivity contribution in [3.63, 3.8) is 0 Å². The summed E-state index contributed by atoms with van der Waals surface area (Å²) in [4.78, 5) is 10.7. The highest BCUT2D eigenvalue weighted by Gasteiger charge is 2.00. The number of halogens is 1. The van der Waals surface area contributed by atoms with E-state index in [9.17, 15) is 9.18 Å². The molecule has 0 aromatic heterocycles. The summed E-state index contributed by atoms with van der Waals surface area (Å²) in [6, 6.07) is 0. The van der Waals surface area contributed by atoms with Gasteiger partial charge in [-0.2, -0.15) is 0 Å². The molecule has 0 aromatic carbocycles. The summed E-state index contributed by atoms with van der Waals surface area (Å²) in [6.45, 7) is 2.20. The molecule has 0 aliphatic rings. The summed E-state index contributed by atoms with van der Waals surface area (Å²) in [5.41, 5.74) is 0. The normalized spacial score (nSPS) is 11.6. The maximum absolute atomic E-state index is 13.1. The van der Waals surface area contributed by atoms with Gasteiger partial charge in [-0.1, -0.05) is 51.9 Å². The predicted octanol–water partition coefficient (Wildman–Crippen LogP) is 4.54. The van der Waals surface area contributed by atoms with E-state index in [1.807, 2.05) is 0 Å². The van der Waals surface area contributed by atoms with Crippen LogP contribution in [0.3, 0.4) is 0 Å². The summed E-state index contributed by atoms with van der Waals surface area (Å²) >= 11 is 0. The van der Waals surface area contributed by atoms with Gasteiger partial charge in [0.05, 0.1) is 13.2 Å². The molecule has 2 nitrogen and oxygen atoms in total. The fraction of sp³-hybridized carbons (Fsp3) is 0.786. The zero-order valence-corrected chi connectivity index (χ0v) is 11.1. The molecular weight excluding hydrogens is 219 g/mol. The van der Waals surface area contributed by atoms with Gasteiger partial charge in [0.2, 0.25) is 0 Å². The maximum Gasteiger partial charge on any atom is 0.333 e. The van der Waals surface area contributed by atoms with Crippen molar-refractivity contribution >= 4 is 5.97 Å². The predicted molar refractivity (Wildman–Crippen MR) is 68.4 cm³/mol. The monoisotopic (exact) mass is 244 g/mol. The van der Waals surface area contributed by atoms with Crippen LogP contribution in [0.1, 0.15) is 64.7 Å². The minimum atomic E-state index is -0.609. The average Bonchev–Trinajstić information content (AvgIpc) is 2.32. The van der Waals surface area contributed by atoms with E-state index >= 15 is 0 Å². The van der Waals surface area contributed by atoms with E-state index in [-0.39, 0.29) is 5.83 Å². The summed E-state index contributed by atoms with van der Waals surface area (Å²) in [7, 11) is 1.25. The fourth-order valence-electron chi connectivity index (χ4n) is 1.69. The lowest BCUT2D eigenvalue weighted by Crippen LogP contribution is -1.95. The number of unbranched alkanes of at least 4 members (excludes halogenated alkanes) is 7. The van der Waals surface area contributed by atoms with Gasteiger partial charge in [0.25, 0.3) is 0 Å². The van der Waals surface area contributed by atoms with E-state index < -0.39 is 5.97 Å². The van der Waals surface area contributed by atoms with Gasteiger partial charge in [-0.15, -0.1) is 0 Å². The summed E-state index contributed by atoms with van der Waals surface area (Å²) in [5, 5.41) is 0. The number of hydrogen-bond donors (Lipinski definition) is 0. The van der Waals surface area contributed by atoms with Crippen LogP contribution in [0.4, 0.5) is 4.39 Å². The zero-order chi connectivity index (χ0) is 12.9. The smallest absolute Gasteiger partial charge is 0.333 e. The number of allylic oxidation sites excluding steroid dienone is 1. The molecule has 17 heavy (non-hydrogen) atoms. The van der Waals surface area contributed by atoms with Crippen LogP contribution in [0.2, 0.25) is 0 Å². The maximum atomic E-state index is 13.1. The molecule has 0 saturated heterocycles. The second kappa shape index (κ2) is 11.6. The molecule has 0 spiro atoms. The van der Waals surface area contributed by atoms with E-state index in [2.05, 4.69) is 11.7 Å². The lowest BCUT2D eigenvalue weighted by molar-refractivity contribution is -0.134. The second-order valence-electron chi connectivity index (χ2n) is 4.34. The standard InChI is InChI=1S/C14H25FO2/c1-3-4-5-6-7-8-9-10-11-13(15)12-14(16)17-2/h12H,3-11H2,1-2H3/b13-12-. The lowest BCUT2D eigenvalue weighted by atomic mass is 10.1. The molecule has 0 heterocycles. The molecule has 0 bridgehead atoms. The molecular formula is C14H25FO2. The van der Waals surface area contributed by atoms with Gasteiger partial charge >= 0.3 is 5.97 Å². The van der Waals surface area contributed by atoms with Crippen LogP contribution in [0, 0.1) is 0 Å². The fourth-order valence-corrected chi connectivity index (χ4v) is 1.69. The van der Waals surface area contributed by atoms with Gasteiger partial charge in [0, 0.05) is 0 Å². The van der Waals surface area contributed by atoms with Gasteiger partial charge < -0.3 is 4.74 Å². The number of rotatable bonds is 10. The minimum Gasteiger partial charge on any atom is -0.466 e. The first-order chi connectivity index (χ1) is 8.20. The van der Waals surface area contributed by atoms with E-state index in [1.54, 1.807) is 0 Å². The third-order valence-electron chi connectivity index (χ3n) is 2.74. The average molecular weight is 244 g/mol. The zero-order valence-electron chi connectivity index (χ0n) is 11.1. The quantitative estimate of drug-likeness (QED) is 0.320. The molecule has 0 aliphatic carbocycles. The van der Waals surface area contributed by atoms with Crippen LogP contribution >= 0.6 is 0 Å². The SMILES string of the molecule is CCCCCCCCCC/C(F)=C/C(=O)OC. The molecule has 0 radical (unpaired) electrons. The van der Waals surface area contributed by atoms with E-state index in [4.69, 9.17) is 0 Å². The molecule has 0 unspecified atom stereocenters. The number of carbonyl (C=O) groups is 1. The van der Waals surface area contributed by atoms with E-state index in [1.165, 1.54) is 39.2 Å². The molecule has 0 atom stereocenters. The molecule has 0 amide bonds. The Bertz CT molecular complexity index is 224. The first kappa shape index (κ1) is 16.1. The Morgan fingerprint density at radius 2 is 1.59 bits per heavy atom. The van der Waals surface area contributed by atoms with E-state index in [0.29, 0.717) is 6.42 Å². The highest BCUT2D eigenvalue weighted by atomic mass is 19.1. The molecule has 0 fully saturated rings. The Kier molecular flexibility index (Phi) is 11.0. The molecule has 100 valence electrons. The van der Waals surface area contributed by atoms with Crippen LogP contribution < -0.4 is 0 Å². The molecule has 0 N–H and O–H groups in total. The minimum absolute atomic E-state index is 0.351. The summed E-state index contributed by atoms with van der Waals surface area (Å²) in [5.74, 6) is -0.982. The van der Waals surface area contributed by atoms with Crippen molar-refractivity contribution in [2.24, 2.45) is 0 Å². The lowest BCUT2D eigenvalue weighted by Gasteiger charge is -2.01. The summed E-state index contributed by atoms with van der Waals surface area (Å²) < 4.78 is 17.4. The van der Waals surface area contributed by atoms with Gasteiger partial charge in [-0.25, -0.2) is 9.18 Å². The molecule has 3 heteroatoms. The van der Waals surface area contributed by atoms with Crippen molar-refractivity contribution in [1.29, 1.82) is 0 Å². The Morgan fingerprint density at radius 1 is 1.06 bits per heavy atom. The molecule has 0 aromatic rings. The topological polar surface area (TPSA) is 26.3 Å². The van der Waals surface area contributed by atoms with Crippen molar-refractivity contribution in [2.75, 3.05) is 7.11 Å². The third-order valence-corrected chi connectivity index (χ3v) is 2.74. The van der Waals surface area contributed by atoms with Crippen molar-refractivity contribution in [2.45, 2.75) is 64.7 Å². The van der Waals surface area contributed by atoms with Gasteiger partial charge in [-0.3, -0.25) is 0 Å². The number of hydrogen-bond acceptors (Lipinski definition) is 2. The Labute approximate surface area is 104 Å². The number of ether oxygens (including phenoxy) is 1. The van der Waals surface area contributed by atoms with Crippen LogP contribution in [0.15, 0.2) is 11.9 Å². The van der Waals surface area contributed by atoms with E-state index in [0.717, 1.165) is 25.3 Å². The van der Waals surface area contributed by atoms with Gasteiger partial charge in [0.15, 0.2) is 0 Å². The van der Waals surface area contributed by atoms with Crippen molar-refractivity contribution in [1.82, 2.24) is 0 Å². The molecule has 0 aliphatic heterocycles. The number of carbonyl (C=O) groups excluding carboxylic acids is 1. The Hall–Kier alpha value is -0.860. The third kappa shape index (κ3) is 11.4. The van der Waals surface area contributed by atoms with Gasteiger partial charge in [0.1, 0.15) is 5.83 Å². The van der Waals surface area contributed by atoms with Gasteiger partial charge in [-0.05, 0) is 12.8 Å².